The molecule has 0 aromatic carbocycles. The van der Waals surface area contributed by atoms with E-state index in [4.69, 9.17) is 16.3 Å². The van der Waals surface area contributed by atoms with Crippen molar-refractivity contribution >= 4 is 23.3 Å². The SMILES string of the molecule is C=C(CCC(=O)Nc1ccc(Cl)cn1)OC. The van der Waals surface area contributed by atoms with Gasteiger partial charge in [-0.25, -0.2) is 4.98 Å². The average Bonchev–Trinajstić information content (AvgIpc) is 2.29. The van der Waals surface area contributed by atoms with E-state index in [-0.39, 0.29) is 5.91 Å². The highest BCUT2D eigenvalue weighted by molar-refractivity contribution is 6.30. The number of rotatable bonds is 5. The molecule has 0 saturated carbocycles. The van der Waals surface area contributed by atoms with Crippen LogP contribution in [0.4, 0.5) is 5.82 Å². The number of allylic oxidation sites excluding steroid dienone is 1. The number of nitrogens with zero attached hydrogens (tertiary/aromatic N) is 1. The van der Waals surface area contributed by atoms with Gasteiger partial charge in [0.15, 0.2) is 0 Å². The molecule has 5 heteroatoms. The molecular weight excluding hydrogens is 228 g/mol. The number of hydrogen-bond acceptors (Lipinski definition) is 3. The maximum atomic E-state index is 11.4. The first-order chi connectivity index (χ1) is 7.61. The summed E-state index contributed by atoms with van der Waals surface area (Å²) >= 11 is 5.67. The molecule has 1 aromatic heterocycles. The van der Waals surface area contributed by atoms with Gasteiger partial charge in [-0.3, -0.25) is 4.79 Å². The van der Waals surface area contributed by atoms with E-state index < -0.39 is 0 Å². The monoisotopic (exact) mass is 240 g/mol. The number of carbonyl (C=O) groups excluding carboxylic acids is 1. The lowest BCUT2D eigenvalue weighted by molar-refractivity contribution is -0.116. The van der Waals surface area contributed by atoms with Gasteiger partial charge >= 0.3 is 0 Å². The maximum Gasteiger partial charge on any atom is 0.225 e. The zero-order valence-corrected chi connectivity index (χ0v) is 9.75. The second kappa shape index (κ2) is 6.12. The van der Waals surface area contributed by atoms with Crippen molar-refractivity contribution in [1.82, 2.24) is 4.98 Å². The van der Waals surface area contributed by atoms with Crippen molar-refractivity contribution in [3.63, 3.8) is 0 Å². The number of anilines is 1. The molecule has 0 bridgehead atoms. The summed E-state index contributed by atoms with van der Waals surface area (Å²) in [5, 5.41) is 3.18. The van der Waals surface area contributed by atoms with Crippen LogP contribution < -0.4 is 5.32 Å². The Kier molecular flexibility index (Phi) is 4.79. The Morgan fingerprint density at radius 3 is 2.88 bits per heavy atom. The van der Waals surface area contributed by atoms with Crippen LogP contribution in [-0.2, 0) is 9.53 Å². The number of carbonyl (C=O) groups is 1. The van der Waals surface area contributed by atoms with Crippen molar-refractivity contribution in [3.8, 4) is 0 Å². The fraction of sp³-hybridized carbons (Fsp3) is 0.273. The first-order valence-electron chi connectivity index (χ1n) is 4.75. The molecule has 0 radical (unpaired) electrons. The van der Waals surface area contributed by atoms with E-state index in [1.165, 1.54) is 13.3 Å². The molecule has 16 heavy (non-hydrogen) atoms. The summed E-state index contributed by atoms with van der Waals surface area (Å²) in [7, 11) is 1.53. The summed E-state index contributed by atoms with van der Waals surface area (Å²) < 4.78 is 4.86. The lowest BCUT2D eigenvalue weighted by atomic mass is 10.2. The molecule has 1 amide bonds. The Hall–Kier alpha value is -1.55. The summed E-state index contributed by atoms with van der Waals surface area (Å²) in [4.78, 5) is 15.4. The third-order valence-electron chi connectivity index (χ3n) is 1.91. The first kappa shape index (κ1) is 12.5. The number of ether oxygens (including phenoxy) is 1. The van der Waals surface area contributed by atoms with Crippen LogP contribution in [0.3, 0.4) is 0 Å². The lowest BCUT2D eigenvalue weighted by Crippen LogP contribution is -2.12. The Morgan fingerprint density at radius 1 is 1.56 bits per heavy atom. The molecule has 0 fully saturated rings. The van der Waals surface area contributed by atoms with Crippen molar-refractivity contribution in [2.45, 2.75) is 12.8 Å². The summed E-state index contributed by atoms with van der Waals surface area (Å²) in [6.45, 7) is 3.63. The molecule has 1 aromatic rings. The molecule has 0 aliphatic heterocycles. The van der Waals surface area contributed by atoms with Gasteiger partial charge in [0, 0.05) is 19.0 Å². The smallest absolute Gasteiger partial charge is 0.225 e. The minimum absolute atomic E-state index is 0.131. The number of pyridine rings is 1. The fourth-order valence-corrected chi connectivity index (χ4v) is 1.12. The largest absolute Gasteiger partial charge is 0.502 e. The van der Waals surface area contributed by atoms with E-state index in [0.717, 1.165) is 0 Å². The lowest BCUT2D eigenvalue weighted by Gasteiger charge is -2.05. The van der Waals surface area contributed by atoms with Gasteiger partial charge in [-0.15, -0.1) is 0 Å². The highest BCUT2D eigenvalue weighted by Crippen LogP contribution is 2.10. The van der Waals surface area contributed by atoms with Crippen LogP contribution in [0.15, 0.2) is 30.7 Å². The van der Waals surface area contributed by atoms with Crippen LogP contribution in [-0.4, -0.2) is 18.0 Å². The quantitative estimate of drug-likeness (QED) is 0.805. The van der Waals surface area contributed by atoms with Crippen molar-refractivity contribution in [1.29, 1.82) is 0 Å². The molecule has 0 unspecified atom stereocenters. The van der Waals surface area contributed by atoms with Gasteiger partial charge in [-0.1, -0.05) is 18.2 Å². The number of aromatic nitrogens is 1. The molecule has 1 N–H and O–H groups in total. The summed E-state index contributed by atoms with van der Waals surface area (Å²) in [6, 6.07) is 3.31. The third-order valence-corrected chi connectivity index (χ3v) is 2.14. The van der Waals surface area contributed by atoms with E-state index in [1.807, 2.05) is 0 Å². The second-order valence-corrected chi connectivity index (χ2v) is 3.59. The topological polar surface area (TPSA) is 51.2 Å². The molecule has 86 valence electrons. The normalized spacial score (nSPS) is 9.62. The number of halogens is 1. The molecule has 4 nitrogen and oxygen atoms in total. The van der Waals surface area contributed by atoms with Crippen LogP contribution in [0, 0.1) is 0 Å². The van der Waals surface area contributed by atoms with Crippen LogP contribution in [0.5, 0.6) is 0 Å². The van der Waals surface area contributed by atoms with Gasteiger partial charge in [0.2, 0.25) is 5.91 Å². The number of nitrogens with one attached hydrogen (secondary N) is 1. The van der Waals surface area contributed by atoms with Crippen LogP contribution >= 0.6 is 11.6 Å². The van der Waals surface area contributed by atoms with Gasteiger partial charge in [0.1, 0.15) is 5.82 Å². The Labute approximate surface area is 99.3 Å². The van der Waals surface area contributed by atoms with E-state index >= 15 is 0 Å². The van der Waals surface area contributed by atoms with E-state index in [2.05, 4.69) is 16.9 Å². The first-order valence-corrected chi connectivity index (χ1v) is 5.13. The Morgan fingerprint density at radius 2 is 2.31 bits per heavy atom. The number of amides is 1. The minimum atomic E-state index is -0.131. The molecule has 0 aliphatic rings. The predicted octanol–water partition coefficient (Wildman–Crippen LogP) is 2.61. The van der Waals surface area contributed by atoms with Gasteiger partial charge in [-0.05, 0) is 12.1 Å². The van der Waals surface area contributed by atoms with Crippen molar-refractivity contribution in [3.05, 3.63) is 35.7 Å². The van der Waals surface area contributed by atoms with E-state index in [1.54, 1.807) is 12.1 Å². The fourth-order valence-electron chi connectivity index (χ4n) is 1.01. The zero-order valence-electron chi connectivity index (χ0n) is 9.00. The van der Waals surface area contributed by atoms with Gasteiger partial charge < -0.3 is 10.1 Å². The average molecular weight is 241 g/mol. The highest BCUT2D eigenvalue weighted by atomic mass is 35.5. The summed E-state index contributed by atoms with van der Waals surface area (Å²) in [5.74, 6) is 0.935. The van der Waals surface area contributed by atoms with E-state index in [9.17, 15) is 4.79 Å². The summed E-state index contributed by atoms with van der Waals surface area (Å²) in [6.07, 6.45) is 2.29. The molecular formula is C11H13ClN2O2. The Bertz CT molecular complexity index is 376. The standard InChI is InChI=1S/C11H13ClN2O2/c1-8(16-2)3-6-11(15)14-10-5-4-9(12)7-13-10/h4-5,7H,1,3,6H2,2H3,(H,13,14,15). The van der Waals surface area contributed by atoms with Crippen LogP contribution in [0.25, 0.3) is 0 Å². The van der Waals surface area contributed by atoms with Crippen LogP contribution in [0.2, 0.25) is 5.02 Å². The van der Waals surface area contributed by atoms with Gasteiger partial charge in [0.25, 0.3) is 0 Å². The summed E-state index contributed by atoms with van der Waals surface area (Å²) in [5.41, 5.74) is 0. The number of methoxy groups -OCH3 is 1. The molecule has 0 atom stereocenters. The molecule has 0 saturated heterocycles. The molecule has 1 rings (SSSR count). The van der Waals surface area contributed by atoms with Crippen molar-refractivity contribution < 1.29 is 9.53 Å². The Balaban J connectivity index is 2.40. The molecule has 0 aliphatic carbocycles. The highest BCUT2D eigenvalue weighted by Gasteiger charge is 2.04. The molecule has 0 spiro atoms. The minimum Gasteiger partial charge on any atom is -0.502 e. The van der Waals surface area contributed by atoms with Gasteiger partial charge in [0.05, 0.1) is 17.9 Å². The van der Waals surface area contributed by atoms with Crippen molar-refractivity contribution in [2.24, 2.45) is 0 Å². The predicted molar refractivity (Wildman–Crippen MR) is 63.3 cm³/mol. The van der Waals surface area contributed by atoms with Crippen LogP contribution in [0.1, 0.15) is 12.8 Å². The van der Waals surface area contributed by atoms with Gasteiger partial charge in [-0.2, -0.15) is 0 Å². The third kappa shape index (κ3) is 4.31. The van der Waals surface area contributed by atoms with Crippen molar-refractivity contribution in [2.75, 3.05) is 12.4 Å². The second-order valence-electron chi connectivity index (χ2n) is 3.15. The molecule has 1 heterocycles. The number of hydrogen-bond donors (Lipinski definition) is 1. The van der Waals surface area contributed by atoms with E-state index in [0.29, 0.717) is 29.4 Å². The maximum absolute atomic E-state index is 11.4. The zero-order chi connectivity index (χ0) is 12.0.